The second-order valence-electron chi connectivity index (χ2n) is 8.58. The van der Waals surface area contributed by atoms with Crippen LogP contribution in [0.2, 0.25) is 0 Å². The van der Waals surface area contributed by atoms with E-state index in [9.17, 15) is 0 Å². The molecule has 0 saturated carbocycles. The first-order chi connectivity index (χ1) is 16.1. The molecular formula is C25H40N4O4. The third-order valence-electron chi connectivity index (χ3n) is 6.15. The van der Waals surface area contributed by atoms with Crippen LogP contribution < -0.4 is 5.73 Å². The van der Waals surface area contributed by atoms with Gasteiger partial charge in [0.15, 0.2) is 11.4 Å². The molecule has 0 aliphatic carbocycles. The summed E-state index contributed by atoms with van der Waals surface area (Å²) < 4.78 is 27.4. The van der Waals surface area contributed by atoms with Crippen LogP contribution in [0.25, 0.3) is 5.52 Å². The van der Waals surface area contributed by atoms with Crippen LogP contribution >= 0.6 is 0 Å². The summed E-state index contributed by atoms with van der Waals surface area (Å²) in [5.41, 5.74) is 6.65. The topological polar surface area (TPSA) is 93.1 Å². The third-order valence-corrected chi connectivity index (χ3v) is 6.15. The van der Waals surface area contributed by atoms with Gasteiger partial charge in [0.05, 0.1) is 12.3 Å². The Kier molecular flexibility index (Phi) is 9.67. The van der Waals surface area contributed by atoms with Crippen LogP contribution in [0, 0.1) is 0 Å². The molecule has 2 aromatic heterocycles. The molecule has 8 heteroatoms. The fourth-order valence-electron chi connectivity index (χ4n) is 4.25. The maximum atomic E-state index is 6.74. The molecule has 3 heterocycles. The molecule has 0 bridgehead atoms. The van der Waals surface area contributed by atoms with Crippen molar-refractivity contribution in [3.63, 3.8) is 0 Å². The lowest BCUT2D eigenvalue weighted by Gasteiger charge is -2.32. The zero-order valence-electron chi connectivity index (χ0n) is 20.4. The first-order valence-corrected chi connectivity index (χ1v) is 12.3. The summed E-state index contributed by atoms with van der Waals surface area (Å²) in [7, 11) is 0. The molecule has 1 unspecified atom stereocenters. The lowest BCUT2D eigenvalue weighted by Crippen LogP contribution is -2.44. The van der Waals surface area contributed by atoms with Gasteiger partial charge in [0.2, 0.25) is 0 Å². The van der Waals surface area contributed by atoms with E-state index in [4.69, 9.17) is 24.7 Å². The Morgan fingerprint density at radius 3 is 2.48 bits per heavy atom. The number of anilines is 1. The molecule has 2 N–H and O–H groups in total. The molecule has 33 heavy (non-hydrogen) atoms. The molecule has 2 aromatic rings. The summed E-state index contributed by atoms with van der Waals surface area (Å²) in [6.07, 6.45) is 8.38. The Bertz CT molecular complexity index is 873. The Morgan fingerprint density at radius 2 is 1.79 bits per heavy atom. The van der Waals surface area contributed by atoms with Crippen molar-refractivity contribution in [1.29, 1.82) is 0 Å². The number of fused-ring (bicyclic) bond motifs is 1. The summed E-state index contributed by atoms with van der Waals surface area (Å²) in [6.45, 7) is 13.0. The largest absolute Gasteiger partial charge is 0.382 e. The molecule has 3 rings (SSSR count). The monoisotopic (exact) mass is 460 g/mol. The van der Waals surface area contributed by atoms with Crippen LogP contribution in [-0.2, 0) is 24.5 Å². The van der Waals surface area contributed by atoms with Gasteiger partial charge in [-0.25, -0.2) is 9.50 Å². The van der Waals surface area contributed by atoms with Crippen LogP contribution in [0.1, 0.15) is 65.0 Å². The second kappa shape index (κ2) is 12.5. The molecule has 184 valence electrons. The molecule has 1 aliphatic heterocycles. The number of hydrogen-bond donors (Lipinski definition) is 1. The van der Waals surface area contributed by atoms with E-state index in [0.29, 0.717) is 32.2 Å². The summed E-state index contributed by atoms with van der Waals surface area (Å²) in [4.78, 5) is 4.12. The van der Waals surface area contributed by atoms with Crippen LogP contribution in [0.15, 0.2) is 31.1 Å². The smallest absolute Gasteiger partial charge is 0.157 e. The lowest BCUT2D eigenvalue weighted by molar-refractivity contribution is -0.0946. The molecular weight excluding hydrogens is 420 g/mol. The normalized spacial score (nSPS) is 25.1. The number of aromatic nitrogens is 3. The fourth-order valence-corrected chi connectivity index (χ4v) is 4.25. The van der Waals surface area contributed by atoms with Crippen LogP contribution in [0.4, 0.5) is 5.82 Å². The van der Waals surface area contributed by atoms with Crippen molar-refractivity contribution in [2.75, 3.05) is 32.2 Å². The SMILES string of the molecule is C=C[C@@]1(c2ccc3c(N)ncnn23)O[C@H](COCCCC)C(OCCCC)[C@H]1OCCCC. The van der Waals surface area contributed by atoms with E-state index >= 15 is 0 Å². The Hall–Kier alpha value is -2.00. The quantitative estimate of drug-likeness (QED) is 0.313. The van der Waals surface area contributed by atoms with E-state index in [0.717, 1.165) is 49.7 Å². The predicted octanol–water partition coefficient (Wildman–Crippen LogP) is 4.28. The number of unbranched alkanes of at least 4 members (excludes halogenated alkanes) is 3. The fraction of sp³-hybridized carbons (Fsp3) is 0.680. The second-order valence-corrected chi connectivity index (χ2v) is 8.58. The van der Waals surface area contributed by atoms with E-state index in [2.05, 4.69) is 37.4 Å². The van der Waals surface area contributed by atoms with Gasteiger partial charge in [0, 0.05) is 19.8 Å². The van der Waals surface area contributed by atoms with Crippen molar-refractivity contribution < 1.29 is 18.9 Å². The summed E-state index contributed by atoms with van der Waals surface area (Å²) in [5, 5.41) is 4.45. The molecule has 8 nitrogen and oxygen atoms in total. The third kappa shape index (κ3) is 5.57. The Morgan fingerprint density at radius 1 is 1.09 bits per heavy atom. The van der Waals surface area contributed by atoms with E-state index < -0.39 is 11.7 Å². The van der Waals surface area contributed by atoms with Crippen molar-refractivity contribution in [1.82, 2.24) is 14.6 Å². The summed E-state index contributed by atoms with van der Waals surface area (Å²) >= 11 is 0. The summed E-state index contributed by atoms with van der Waals surface area (Å²) in [6, 6.07) is 3.86. The van der Waals surface area contributed by atoms with Gasteiger partial charge in [0.1, 0.15) is 30.2 Å². The number of nitrogen functional groups attached to an aromatic ring is 1. The molecule has 0 spiro atoms. The van der Waals surface area contributed by atoms with Gasteiger partial charge >= 0.3 is 0 Å². The predicted molar refractivity (Wildman–Crippen MR) is 129 cm³/mol. The number of nitrogens with zero attached hydrogens (tertiary/aromatic N) is 3. The maximum absolute atomic E-state index is 6.74. The first-order valence-electron chi connectivity index (χ1n) is 12.3. The van der Waals surface area contributed by atoms with Gasteiger partial charge < -0.3 is 24.7 Å². The minimum absolute atomic E-state index is 0.294. The average Bonchev–Trinajstić information content (AvgIpc) is 3.38. The minimum Gasteiger partial charge on any atom is -0.382 e. The van der Waals surface area contributed by atoms with E-state index in [1.165, 1.54) is 6.33 Å². The highest BCUT2D eigenvalue weighted by Crippen LogP contribution is 2.44. The van der Waals surface area contributed by atoms with Crippen molar-refractivity contribution >= 4 is 11.3 Å². The van der Waals surface area contributed by atoms with Crippen molar-refractivity contribution in [3.8, 4) is 0 Å². The van der Waals surface area contributed by atoms with Gasteiger partial charge in [-0.1, -0.05) is 52.7 Å². The highest BCUT2D eigenvalue weighted by molar-refractivity contribution is 5.66. The number of nitrogens with two attached hydrogens (primary N) is 1. The Balaban J connectivity index is 2.00. The molecule has 0 aromatic carbocycles. The number of hydrogen-bond acceptors (Lipinski definition) is 7. The Labute approximate surface area is 197 Å². The zero-order valence-corrected chi connectivity index (χ0v) is 20.4. The molecule has 4 atom stereocenters. The molecule has 1 aliphatic rings. The molecule has 1 fully saturated rings. The zero-order chi connectivity index (χ0) is 23.7. The van der Waals surface area contributed by atoms with Crippen LogP contribution in [-0.4, -0.2) is 59.3 Å². The van der Waals surface area contributed by atoms with Gasteiger partial charge in [-0.2, -0.15) is 5.10 Å². The van der Waals surface area contributed by atoms with Gasteiger partial charge in [-0.3, -0.25) is 0 Å². The van der Waals surface area contributed by atoms with E-state index in [1.807, 2.05) is 18.2 Å². The first kappa shape index (κ1) is 25.6. The summed E-state index contributed by atoms with van der Waals surface area (Å²) in [5.74, 6) is 0.409. The van der Waals surface area contributed by atoms with Gasteiger partial charge in [-0.15, -0.1) is 0 Å². The van der Waals surface area contributed by atoms with E-state index in [1.54, 1.807) is 4.52 Å². The number of rotatable bonds is 15. The lowest BCUT2D eigenvalue weighted by atomic mass is 9.90. The van der Waals surface area contributed by atoms with Crippen LogP contribution in [0.3, 0.4) is 0 Å². The van der Waals surface area contributed by atoms with Gasteiger partial charge in [-0.05, 0) is 31.4 Å². The molecule has 0 radical (unpaired) electrons. The standard InChI is InChI=1S/C25H40N4O4/c1-5-9-14-30-17-20-22(31-15-10-6-2)23(32-16-11-7-3)25(8-4,33-20)21-13-12-19-24(26)27-18-28-29(19)21/h8,12-13,18,20,22-23H,4-7,9-11,14-17H2,1-3H3,(H2,26,27,28)/t20-,22?,23-,25+/m1/s1. The minimum atomic E-state index is -0.962. The highest BCUT2D eigenvalue weighted by atomic mass is 16.6. The molecule has 1 saturated heterocycles. The van der Waals surface area contributed by atoms with Crippen molar-refractivity contribution in [2.45, 2.75) is 83.2 Å². The van der Waals surface area contributed by atoms with Crippen LogP contribution in [0.5, 0.6) is 0 Å². The van der Waals surface area contributed by atoms with Crippen molar-refractivity contribution in [2.24, 2.45) is 0 Å². The van der Waals surface area contributed by atoms with Crippen molar-refractivity contribution in [3.05, 3.63) is 36.8 Å². The maximum Gasteiger partial charge on any atom is 0.157 e. The van der Waals surface area contributed by atoms with E-state index in [-0.39, 0.29) is 12.2 Å². The highest BCUT2D eigenvalue weighted by Gasteiger charge is 2.57. The van der Waals surface area contributed by atoms with Gasteiger partial charge in [0.25, 0.3) is 0 Å². The average molecular weight is 461 g/mol. The molecule has 0 amide bonds. The number of ether oxygens (including phenoxy) is 4.